The van der Waals surface area contributed by atoms with E-state index in [1.54, 1.807) is 11.3 Å². The van der Waals surface area contributed by atoms with Crippen molar-refractivity contribution in [1.29, 1.82) is 0 Å². The molecule has 2 aromatic heterocycles. The van der Waals surface area contributed by atoms with Crippen molar-refractivity contribution < 1.29 is 0 Å². The third-order valence-electron chi connectivity index (χ3n) is 1.74. The van der Waals surface area contributed by atoms with Gasteiger partial charge in [-0.1, -0.05) is 0 Å². The van der Waals surface area contributed by atoms with Crippen molar-refractivity contribution in [1.82, 2.24) is 10.3 Å². The predicted molar refractivity (Wildman–Crippen MR) is 52.4 cm³/mol. The summed E-state index contributed by atoms with van der Waals surface area (Å²) in [6, 6.07) is 4.23. The fourth-order valence-electron chi connectivity index (χ4n) is 1.19. The predicted octanol–water partition coefficient (Wildman–Crippen LogP) is 2.02. The number of aromatic nitrogens is 1. The molecule has 0 aliphatic carbocycles. The van der Waals surface area contributed by atoms with Crippen LogP contribution in [0.3, 0.4) is 0 Å². The standard InChI is InChI=1S/C9H10N2S/c1-10-5-7-4-9-8(11-6-7)2-3-12-9/h2-4,6,10H,5H2,1H3. The second-order valence-corrected chi connectivity index (χ2v) is 3.63. The van der Waals surface area contributed by atoms with Crippen molar-refractivity contribution in [2.24, 2.45) is 0 Å². The molecule has 3 heteroatoms. The monoisotopic (exact) mass is 178 g/mol. The van der Waals surface area contributed by atoms with Gasteiger partial charge < -0.3 is 5.32 Å². The average molecular weight is 178 g/mol. The van der Waals surface area contributed by atoms with Crippen molar-refractivity contribution in [3.05, 3.63) is 29.3 Å². The van der Waals surface area contributed by atoms with Gasteiger partial charge in [0.15, 0.2) is 0 Å². The lowest BCUT2D eigenvalue weighted by Crippen LogP contribution is -2.04. The molecule has 2 heterocycles. The molecule has 0 aliphatic rings. The zero-order chi connectivity index (χ0) is 8.39. The maximum Gasteiger partial charge on any atom is 0.0809 e. The van der Waals surface area contributed by atoms with Gasteiger partial charge >= 0.3 is 0 Å². The highest BCUT2D eigenvalue weighted by molar-refractivity contribution is 7.17. The minimum absolute atomic E-state index is 0.890. The molecule has 0 amide bonds. The lowest BCUT2D eigenvalue weighted by atomic mass is 10.2. The molecule has 62 valence electrons. The van der Waals surface area contributed by atoms with Crippen LogP contribution in [-0.2, 0) is 6.54 Å². The van der Waals surface area contributed by atoms with E-state index in [1.807, 2.05) is 19.3 Å². The largest absolute Gasteiger partial charge is 0.316 e. The van der Waals surface area contributed by atoms with E-state index in [0.717, 1.165) is 12.1 Å². The highest BCUT2D eigenvalue weighted by Crippen LogP contribution is 2.19. The van der Waals surface area contributed by atoms with E-state index in [9.17, 15) is 0 Å². The fraction of sp³-hybridized carbons (Fsp3) is 0.222. The highest BCUT2D eigenvalue weighted by atomic mass is 32.1. The molecule has 0 spiro atoms. The van der Waals surface area contributed by atoms with E-state index in [0.29, 0.717) is 0 Å². The number of pyridine rings is 1. The molecule has 0 radical (unpaired) electrons. The van der Waals surface area contributed by atoms with Gasteiger partial charge in [0.2, 0.25) is 0 Å². The molecule has 2 rings (SSSR count). The van der Waals surface area contributed by atoms with E-state index in [2.05, 4.69) is 21.7 Å². The molecule has 0 bridgehead atoms. The van der Waals surface area contributed by atoms with Crippen LogP contribution in [0.15, 0.2) is 23.7 Å². The normalized spacial score (nSPS) is 10.8. The molecule has 1 N–H and O–H groups in total. The van der Waals surface area contributed by atoms with Crippen LogP contribution in [0.25, 0.3) is 10.2 Å². The van der Waals surface area contributed by atoms with Crippen LogP contribution < -0.4 is 5.32 Å². The van der Waals surface area contributed by atoms with Gasteiger partial charge in [-0.3, -0.25) is 4.98 Å². The Morgan fingerprint density at radius 2 is 2.50 bits per heavy atom. The topological polar surface area (TPSA) is 24.9 Å². The van der Waals surface area contributed by atoms with E-state index in [1.165, 1.54) is 10.3 Å². The summed E-state index contributed by atoms with van der Waals surface area (Å²) in [6.07, 6.45) is 1.92. The molecular weight excluding hydrogens is 168 g/mol. The maximum absolute atomic E-state index is 4.33. The smallest absolute Gasteiger partial charge is 0.0809 e. The van der Waals surface area contributed by atoms with Crippen molar-refractivity contribution >= 4 is 21.6 Å². The van der Waals surface area contributed by atoms with Gasteiger partial charge in [-0.25, -0.2) is 0 Å². The Kier molecular flexibility index (Phi) is 2.06. The quantitative estimate of drug-likeness (QED) is 0.761. The summed E-state index contributed by atoms with van der Waals surface area (Å²) in [5.74, 6) is 0. The molecule has 0 saturated carbocycles. The van der Waals surface area contributed by atoms with Gasteiger partial charge in [-0.2, -0.15) is 0 Å². The first kappa shape index (κ1) is 7.71. The minimum Gasteiger partial charge on any atom is -0.316 e. The SMILES string of the molecule is CNCc1cnc2ccsc2c1. The molecule has 0 fully saturated rings. The van der Waals surface area contributed by atoms with Crippen molar-refractivity contribution in [3.8, 4) is 0 Å². The maximum atomic E-state index is 4.33. The fourth-order valence-corrected chi connectivity index (χ4v) is 1.99. The van der Waals surface area contributed by atoms with Gasteiger partial charge in [0, 0.05) is 12.7 Å². The summed E-state index contributed by atoms with van der Waals surface area (Å²) < 4.78 is 1.27. The molecule has 2 aromatic rings. The van der Waals surface area contributed by atoms with Gasteiger partial charge in [0.25, 0.3) is 0 Å². The van der Waals surface area contributed by atoms with Crippen LogP contribution in [0.1, 0.15) is 5.56 Å². The Bertz CT molecular complexity index is 381. The molecule has 0 unspecified atom stereocenters. The van der Waals surface area contributed by atoms with E-state index >= 15 is 0 Å². The van der Waals surface area contributed by atoms with Crippen LogP contribution in [0.5, 0.6) is 0 Å². The number of hydrogen-bond acceptors (Lipinski definition) is 3. The zero-order valence-electron chi connectivity index (χ0n) is 6.87. The Labute approximate surface area is 75.3 Å². The van der Waals surface area contributed by atoms with Gasteiger partial charge in [-0.15, -0.1) is 11.3 Å². The third kappa shape index (κ3) is 1.33. The van der Waals surface area contributed by atoms with Crippen LogP contribution in [0.4, 0.5) is 0 Å². The second-order valence-electron chi connectivity index (χ2n) is 2.68. The summed E-state index contributed by atoms with van der Waals surface area (Å²) in [6.45, 7) is 0.890. The number of hydrogen-bond donors (Lipinski definition) is 1. The summed E-state index contributed by atoms with van der Waals surface area (Å²) in [7, 11) is 1.94. The number of rotatable bonds is 2. The first-order valence-corrected chi connectivity index (χ1v) is 4.75. The van der Waals surface area contributed by atoms with Crippen molar-refractivity contribution in [2.45, 2.75) is 6.54 Å². The Morgan fingerprint density at radius 1 is 1.58 bits per heavy atom. The van der Waals surface area contributed by atoms with Gasteiger partial charge in [0.05, 0.1) is 10.2 Å². The molecule has 0 aromatic carbocycles. The molecule has 0 atom stereocenters. The number of fused-ring (bicyclic) bond motifs is 1. The Balaban J connectivity index is 2.46. The summed E-state index contributed by atoms with van der Waals surface area (Å²) in [5.41, 5.74) is 2.34. The molecule has 0 aliphatic heterocycles. The van der Waals surface area contributed by atoms with E-state index in [-0.39, 0.29) is 0 Å². The number of nitrogens with one attached hydrogen (secondary N) is 1. The molecular formula is C9H10N2S. The lowest BCUT2D eigenvalue weighted by molar-refractivity contribution is 0.815. The van der Waals surface area contributed by atoms with Crippen LogP contribution in [-0.4, -0.2) is 12.0 Å². The number of nitrogens with zero attached hydrogens (tertiary/aromatic N) is 1. The van der Waals surface area contributed by atoms with Crippen LogP contribution >= 0.6 is 11.3 Å². The number of thiophene rings is 1. The Hall–Kier alpha value is -0.930. The zero-order valence-corrected chi connectivity index (χ0v) is 7.69. The lowest BCUT2D eigenvalue weighted by Gasteiger charge is -1.97. The molecule has 12 heavy (non-hydrogen) atoms. The molecule has 2 nitrogen and oxygen atoms in total. The first-order chi connectivity index (χ1) is 5.90. The summed E-state index contributed by atoms with van der Waals surface area (Å²) >= 11 is 1.74. The summed E-state index contributed by atoms with van der Waals surface area (Å²) in [4.78, 5) is 4.33. The van der Waals surface area contributed by atoms with Gasteiger partial charge in [0.1, 0.15) is 0 Å². The highest BCUT2D eigenvalue weighted by Gasteiger charge is 1.97. The Morgan fingerprint density at radius 3 is 3.33 bits per heavy atom. The van der Waals surface area contributed by atoms with Gasteiger partial charge in [-0.05, 0) is 30.1 Å². The average Bonchev–Trinajstić information content (AvgIpc) is 2.51. The van der Waals surface area contributed by atoms with E-state index < -0.39 is 0 Å². The van der Waals surface area contributed by atoms with Crippen LogP contribution in [0.2, 0.25) is 0 Å². The van der Waals surface area contributed by atoms with E-state index in [4.69, 9.17) is 0 Å². The minimum atomic E-state index is 0.890. The third-order valence-corrected chi connectivity index (χ3v) is 2.59. The molecule has 0 saturated heterocycles. The van der Waals surface area contributed by atoms with Crippen LogP contribution in [0, 0.1) is 0 Å². The van der Waals surface area contributed by atoms with Crippen molar-refractivity contribution in [3.63, 3.8) is 0 Å². The van der Waals surface area contributed by atoms with Crippen molar-refractivity contribution in [2.75, 3.05) is 7.05 Å². The first-order valence-electron chi connectivity index (χ1n) is 3.87. The summed E-state index contributed by atoms with van der Waals surface area (Å²) in [5, 5.41) is 5.18. The second kappa shape index (κ2) is 3.21.